The first kappa shape index (κ1) is 15.3. The molecule has 0 spiro atoms. The highest BCUT2D eigenvalue weighted by molar-refractivity contribution is 5.69. The first-order chi connectivity index (χ1) is 12.4. The monoisotopic (exact) mass is 321 g/mol. The SMILES string of the molecule is c1ccc(-c2ccccc2Cc2cccnc2-c2ccccc2)cc1. The lowest BCUT2D eigenvalue weighted by Crippen LogP contribution is -1.96. The molecular weight excluding hydrogens is 302 g/mol. The van der Waals surface area contributed by atoms with Crippen LogP contribution in [0, 0.1) is 0 Å². The Balaban J connectivity index is 1.76. The summed E-state index contributed by atoms with van der Waals surface area (Å²) in [5.74, 6) is 0. The Morgan fingerprint density at radius 2 is 1.12 bits per heavy atom. The average molecular weight is 321 g/mol. The predicted octanol–water partition coefficient (Wildman–Crippen LogP) is 6.01. The molecule has 3 aromatic carbocycles. The third kappa shape index (κ3) is 3.36. The number of aromatic nitrogens is 1. The third-order valence-corrected chi connectivity index (χ3v) is 4.42. The van der Waals surface area contributed by atoms with Crippen molar-refractivity contribution in [3.63, 3.8) is 0 Å². The number of nitrogens with zero attached hydrogens (tertiary/aromatic N) is 1. The van der Waals surface area contributed by atoms with Crippen LogP contribution in [0.3, 0.4) is 0 Å². The molecule has 0 amide bonds. The van der Waals surface area contributed by atoms with Gasteiger partial charge in [0.1, 0.15) is 0 Å². The van der Waals surface area contributed by atoms with Crippen LogP contribution in [-0.4, -0.2) is 4.98 Å². The van der Waals surface area contributed by atoms with Crippen molar-refractivity contribution in [2.24, 2.45) is 0 Å². The van der Waals surface area contributed by atoms with Crippen molar-refractivity contribution < 1.29 is 0 Å². The smallest absolute Gasteiger partial charge is 0.0737 e. The molecule has 0 bridgehead atoms. The molecule has 4 aromatic rings. The van der Waals surface area contributed by atoms with E-state index in [0.717, 1.165) is 17.7 Å². The lowest BCUT2D eigenvalue weighted by Gasteiger charge is -2.13. The summed E-state index contributed by atoms with van der Waals surface area (Å²) in [5, 5.41) is 0. The van der Waals surface area contributed by atoms with E-state index in [0.29, 0.717) is 0 Å². The van der Waals surface area contributed by atoms with Crippen LogP contribution in [0.4, 0.5) is 0 Å². The second-order valence-electron chi connectivity index (χ2n) is 6.08. The molecule has 0 aliphatic carbocycles. The summed E-state index contributed by atoms with van der Waals surface area (Å²) in [7, 11) is 0. The molecule has 0 saturated carbocycles. The molecule has 25 heavy (non-hydrogen) atoms. The van der Waals surface area contributed by atoms with Gasteiger partial charge in [-0.2, -0.15) is 0 Å². The van der Waals surface area contributed by atoms with Gasteiger partial charge in [0.15, 0.2) is 0 Å². The minimum atomic E-state index is 0.864. The highest BCUT2D eigenvalue weighted by Crippen LogP contribution is 2.28. The summed E-state index contributed by atoms with van der Waals surface area (Å²) in [6, 6.07) is 33.8. The van der Waals surface area contributed by atoms with Crippen molar-refractivity contribution in [2.45, 2.75) is 6.42 Å². The normalized spacial score (nSPS) is 10.6. The molecule has 0 fully saturated rings. The van der Waals surface area contributed by atoms with Gasteiger partial charge in [0, 0.05) is 18.2 Å². The first-order valence-electron chi connectivity index (χ1n) is 8.54. The van der Waals surface area contributed by atoms with Gasteiger partial charge in [-0.3, -0.25) is 4.98 Å². The maximum Gasteiger partial charge on any atom is 0.0737 e. The lowest BCUT2D eigenvalue weighted by molar-refractivity contribution is 1.15. The average Bonchev–Trinajstić information content (AvgIpc) is 2.70. The molecule has 1 heteroatoms. The van der Waals surface area contributed by atoms with Crippen LogP contribution < -0.4 is 0 Å². The van der Waals surface area contributed by atoms with Crippen molar-refractivity contribution in [1.29, 1.82) is 0 Å². The van der Waals surface area contributed by atoms with Crippen LogP contribution in [0.25, 0.3) is 22.4 Å². The largest absolute Gasteiger partial charge is 0.256 e. The van der Waals surface area contributed by atoms with Crippen LogP contribution in [0.1, 0.15) is 11.1 Å². The van der Waals surface area contributed by atoms with Gasteiger partial charge in [-0.25, -0.2) is 0 Å². The number of rotatable bonds is 4. The predicted molar refractivity (Wildman–Crippen MR) is 104 cm³/mol. The van der Waals surface area contributed by atoms with E-state index in [2.05, 4.69) is 89.9 Å². The number of hydrogen-bond acceptors (Lipinski definition) is 1. The second kappa shape index (κ2) is 7.14. The Bertz CT molecular complexity index is 878. The summed E-state index contributed by atoms with van der Waals surface area (Å²) in [6.07, 6.45) is 2.73. The van der Waals surface area contributed by atoms with Gasteiger partial charge in [-0.15, -0.1) is 0 Å². The minimum Gasteiger partial charge on any atom is -0.256 e. The van der Waals surface area contributed by atoms with Crippen LogP contribution in [0.2, 0.25) is 0 Å². The fourth-order valence-corrected chi connectivity index (χ4v) is 3.22. The quantitative estimate of drug-likeness (QED) is 0.449. The maximum absolute atomic E-state index is 4.65. The summed E-state index contributed by atoms with van der Waals surface area (Å²) in [5.41, 5.74) is 7.33. The van der Waals surface area contributed by atoms with Crippen molar-refractivity contribution in [1.82, 2.24) is 4.98 Å². The van der Waals surface area contributed by atoms with E-state index in [1.165, 1.54) is 22.3 Å². The lowest BCUT2D eigenvalue weighted by atomic mass is 9.93. The van der Waals surface area contributed by atoms with Gasteiger partial charge in [0.05, 0.1) is 5.69 Å². The van der Waals surface area contributed by atoms with Crippen molar-refractivity contribution in [2.75, 3.05) is 0 Å². The molecule has 1 aromatic heterocycles. The van der Waals surface area contributed by atoms with Gasteiger partial charge in [-0.05, 0) is 28.3 Å². The Labute approximate surface area is 148 Å². The Morgan fingerprint density at radius 3 is 1.88 bits per heavy atom. The van der Waals surface area contributed by atoms with Gasteiger partial charge in [0.2, 0.25) is 0 Å². The fraction of sp³-hybridized carbons (Fsp3) is 0.0417. The number of hydrogen-bond donors (Lipinski definition) is 0. The third-order valence-electron chi connectivity index (χ3n) is 4.42. The summed E-state index contributed by atoms with van der Waals surface area (Å²) >= 11 is 0. The molecule has 0 aliphatic heterocycles. The number of benzene rings is 3. The molecule has 4 rings (SSSR count). The standard InChI is InChI=1S/C24H19N/c1-3-10-19(11-4-1)23-16-8-7-14-21(23)18-22-15-9-17-25-24(22)20-12-5-2-6-13-20/h1-17H,18H2. The Morgan fingerprint density at radius 1 is 0.520 bits per heavy atom. The van der Waals surface area contributed by atoms with Crippen molar-refractivity contribution in [3.05, 3.63) is 114 Å². The van der Waals surface area contributed by atoms with Crippen LogP contribution >= 0.6 is 0 Å². The van der Waals surface area contributed by atoms with Gasteiger partial charge < -0.3 is 0 Å². The van der Waals surface area contributed by atoms with E-state index in [9.17, 15) is 0 Å². The van der Waals surface area contributed by atoms with Gasteiger partial charge in [0.25, 0.3) is 0 Å². The molecular formula is C24H19N. The van der Waals surface area contributed by atoms with Crippen LogP contribution in [0.15, 0.2) is 103 Å². The van der Waals surface area contributed by atoms with E-state index in [1.807, 2.05) is 18.3 Å². The molecule has 0 radical (unpaired) electrons. The van der Waals surface area contributed by atoms with Crippen LogP contribution in [-0.2, 0) is 6.42 Å². The summed E-state index contributed by atoms with van der Waals surface area (Å²) < 4.78 is 0. The molecule has 0 saturated heterocycles. The van der Waals surface area contributed by atoms with Gasteiger partial charge >= 0.3 is 0 Å². The Kier molecular flexibility index (Phi) is 4.38. The molecule has 0 atom stereocenters. The second-order valence-corrected chi connectivity index (χ2v) is 6.08. The molecule has 0 aliphatic rings. The zero-order valence-corrected chi connectivity index (χ0v) is 14.0. The molecule has 0 N–H and O–H groups in total. The van der Waals surface area contributed by atoms with Crippen molar-refractivity contribution >= 4 is 0 Å². The van der Waals surface area contributed by atoms with E-state index in [-0.39, 0.29) is 0 Å². The van der Waals surface area contributed by atoms with E-state index < -0.39 is 0 Å². The summed E-state index contributed by atoms with van der Waals surface area (Å²) in [4.78, 5) is 4.65. The zero-order valence-electron chi connectivity index (χ0n) is 14.0. The minimum absolute atomic E-state index is 0.864. The molecule has 120 valence electrons. The van der Waals surface area contributed by atoms with Crippen LogP contribution in [0.5, 0.6) is 0 Å². The zero-order chi connectivity index (χ0) is 16.9. The fourth-order valence-electron chi connectivity index (χ4n) is 3.22. The van der Waals surface area contributed by atoms with E-state index >= 15 is 0 Å². The van der Waals surface area contributed by atoms with Gasteiger partial charge in [-0.1, -0.05) is 91.0 Å². The molecule has 1 heterocycles. The highest BCUT2D eigenvalue weighted by atomic mass is 14.7. The van der Waals surface area contributed by atoms with Crippen molar-refractivity contribution in [3.8, 4) is 22.4 Å². The highest BCUT2D eigenvalue weighted by Gasteiger charge is 2.10. The number of pyridine rings is 1. The molecule has 1 nitrogen and oxygen atoms in total. The summed E-state index contributed by atoms with van der Waals surface area (Å²) in [6.45, 7) is 0. The first-order valence-corrected chi connectivity index (χ1v) is 8.54. The Hall–Kier alpha value is -3.19. The van der Waals surface area contributed by atoms with E-state index in [4.69, 9.17) is 0 Å². The molecule has 0 unspecified atom stereocenters. The van der Waals surface area contributed by atoms with E-state index in [1.54, 1.807) is 0 Å². The maximum atomic E-state index is 4.65. The topological polar surface area (TPSA) is 12.9 Å².